The number of rotatable bonds is 4. The van der Waals surface area contributed by atoms with E-state index in [-0.39, 0.29) is 8.80 Å². The van der Waals surface area contributed by atoms with Crippen LogP contribution in [0.2, 0.25) is 30.2 Å². The summed E-state index contributed by atoms with van der Waals surface area (Å²) >= 11 is 0.755. The lowest BCUT2D eigenvalue weighted by molar-refractivity contribution is 0.700. The first-order valence-corrected chi connectivity index (χ1v) is 10.1. The highest BCUT2D eigenvalue weighted by Gasteiger charge is 1.98. The summed E-state index contributed by atoms with van der Waals surface area (Å²) in [5.41, 5.74) is 0. The van der Waals surface area contributed by atoms with E-state index in [1.54, 1.807) is 0 Å². The van der Waals surface area contributed by atoms with Crippen molar-refractivity contribution in [2.45, 2.75) is 57.9 Å². The number of hydrogen-bond acceptors (Lipinski definition) is 0. The van der Waals surface area contributed by atoms with Crippen molar-refractivity contribution in [3.05, 3.63) is 0 Å². The average molecular weight is 214 g/mol. The van der Waals surface area contributed by atoms with E-state index in [4.69, 9.17) is 0 Å². The van der Waals surface area contributed by atoms with E-state index in [0.717, 1.165) is 27.1 Å². The third-order valence-electron chi connectivity index (χ3n) is 1.28. The van der Waals surface area contributed by atoms with Crippen molar-refractivity contribution in [3.8, 4) is 0 Å². The summed E-state index contributed by atoms with van der Waals surface area (Å²) in [6.45, 7) is 16.1. The molecule has 0 aromatic carbocycles. The summed E-state index contributed by atoms with van der Waals surface area (Å²) in [6, 6.07) is 0. The zero-order chi connectivity index (χ0) is 10.9. The largest absolute Gasteiger partial charge is 0.200 e. The third-order valence-corrected chi connectivity index (χ3v) is 3.83. The molecule has 2 radical (unpaired) electrons. The predicted octanol–water partition coefficient (Wildman–Crippen LogP) is 4.21. The zero-order valence-electron chi connectivity index (χ0n) is 10.6. The van der Waals surface area contributed by atoms with Crippen molar-refractivity contribution in [2.24, 2.45) is 11.8 Å². The van der Waals surface area contributed by atoms with Gasteiger partial charge in [-0.3, -0.25) is 0 Å². The Bertz CT molecular complexity index is 79.3. The minimum Gasteiger partial charge on any atom is -0.102 e. The summed E-state index contributed by atoms with van der Waals surface area (Å²) in [6.07, 6.45) is 0. The fourth-order valence-electron chi connectivity index (χ4n) is 0.763. The van der Waals surface area contributed by atoms with Gasteiger partial charge in [-0.25, -0.2) is 0 Å². The fraction of sp³-hybridized carbons (Fsp3) is 1.00. The van der Waals surface area contributed by atoms with Crippen LogP contribution in [0, 0.1) is 11.8 Å². The van der Waals surface area contributed by atoms with Gasteiger partial charge in [0.1, 0.15) is 0 Å². The van der Waals surface area contributed by atoms with E-state index < -0.39 is 0 Å². The molecule has 0 fully saturated rings. The van der Waals surface area contributed by atoms with Gasteiger partial charge in [-0.1, -0.05) is 59.2 Å². The molecule has 0 spiro atoms. The Labute approximate surface area is 93.8 Å². The topological polar surface area (TPSA) is 0 Å². The molecule has 0 aromatic rings. The highest BCUT2D eigenvalue weighted by molar-refractivity contribution is 6.54. The van der Waals surface area contributed by atoms with Crippen LogP contribution in [-0.2, 0) is 0 Å². The highest BCUT2D eigenvalue weighted by Crippen LogP contribution is 2.05. The summed E-state index contributed by atoms with van der Waals surface area (Å²) in [5, 5.41) is 2.97. The minimum atomic E-state index is 0.120. The van der Waals surface area contributed by atoms with Crippen LogP contribution in [-0.4, -0.2) is 24.0 Å². The van der Waals surface area contributed by atoms with Crippen LogP contribution < -0.4 is 0 Å². The second kappa shape index (κ2) is 10.8. The van der Waals surface area contributed by atoms with Gasteiger partial charge in [0.05, 0.1) is 0 Å². The van der Waals surface area contributed by atoms with Crippen molar-refractivity contribution < 1.29 is 0 Å². The highest BCUT2D eigenvalue weighted by atomic mass is 28.3. The van der Waals surface area contributed by atoms with Crippen LogP contribution in [0.25, 0.3) is 0 Å². The van der Waals surface area contributed by atoms with Gasteiger partial charge in [-0.2, -0.15) is 0 Å². The van der Waals surface area contributed by atoms with Crippen molar-refractivity contribution in [1.82, 2.24) is 0 Å². The monoisotopic (exact) mass is 214 g/mol. The van der Waals surface area contributed by atoms with Crippen molar-refractivity contribution in [3.63, 3.8) is 0 Å². The molecular weight excluding hydrogens is 187 g/mol. The third kappa shape index (κ3) is 32.3. The second-order valence-electron chi connectivity index (χ2n) is 5.05. The first-order chi connectivity index (χ1) is 5.86. The lowest BCUT2D eigenvalue weighted by atomic mass is 10.3. The maximum Gasteiger partial charge on any atom is 0.200 e. The summed E-state index contributed by atoms with van der Waals surface area (Å²) in [4.78, 5) is 0. The Morgan fingerprint density at radius 1 is 0.846 bits per heavy atom. The lowest BCUT2D eigenvalue weighted by Crippen LogP contribution is -1.99. The van der Waals surface area contributed by atoms with Crippen LogP contribution in [0.15, 0.2) is 0 Å². The Morgan fingerprint density at radius 3 is 1.23 bits per heavy atom. The smallest absolute Gasteiger partial charge is 0.102 e. The van der Waals surface area contributed by atoms with Crippen LogP contribution in [0.4, 0.5) is 0 Å². The zero-order valence-corrected chi connectivity index (χ0v) is 12.8. The first-order valence-electron chi connectivity index (χ1n) is 5.44. The molecule has 0 rings (SSSR count). The standard InChI is InChI=1S/2C4H9.C3H9Si.Al/c3*1-4(2)3;/h2*4H,1H2,2-3H3;1-3H3;. The molecule has 0 N–H and O–H groups in total. The molecule has 0 aliphatic carbocycles. The Hall–Kier alpha value is 0.749. The molecule has 0 saturated carbocycles. The van der Waals surface area contributed by atoms with E-state index in [1.165, 1.54) is 10.6 Å². The van der Waals surface area contributed by atoms with Gasteiger partial charge in [0.2, 0.25) is 15.2 Å². The summed E-state index contributed by atoms with van der Waals surface area (Å²) in [7, 11) is 0.120. The SMILES string of the molecule is CC(C)[CH2][Al][CH2]C(C)C.C[Si](C)C. The van der Waals surface area contributed by atoms with Gasteiger partial charge in [-0.05, 0) is 0 Å². The van der Waals surface area contributed by atoms with E-state index in [9.17, 15) is 0 Å². The van der Waals surface area contributed by atoms with Gasteiger partial charge in [-0.15, -0.1) is 10.6 Å². The molecule has 0 aromatic heterocycles. The molecule has 2 heteroatoms. The molecule has 78 valence electrons. The molecule has 0 aliphatic rings. The molecule has 0 amide bonds. The summed E-state index contributed by atoms with van der Waals surface area (Å²) < 4.78 is 0. The van der Waals surface area contributed by atoms with Crippen molar-refractivity contribution >= 4 is 24.0 Å². The molecule has 0 unspecified atom stereocenters. The van der Waals surface area contributed by atoms with E-state index >= 15 is 0 Å². The van der Waals surface area contributed by atoms with E-state index in [0.29, 0.717) is 0 Å². The van der Waals surface area contributed by atoms with Gasteiger partial charge in [0, 0.05) is 8.80 Å². The lowest BCUT2D eigenvalue weighted by Gasteiger charge is -2.03. The number of hydrogen-bond donors (Lipinski definition) is 0. The van der Waals surface area contributed by atoms with Gasteiger partial charge in [0.25, 0.3) is 0 Å². The quantitative estimate of drug-likeness (QED) is 0.615. The average Bonchev–Trinajstić information content (AvgIpc) is 1.83. The molecule has 0 bridgehead atoms. The van der Waals surface area contributed by atoms with E-state index in [1.807, 2.05) is 0 Å². The van der Waals surface area contributed by atoms with Gasteiger partial charge >= 0.3 is 0 Å². The Morgan fingerprint density at radius 2 is 1.08 bits per heavy atom. The van der Waals surface area contributed by atoms with Gasteiger partial charge < -0.3 is 0 Å². The predicted molar refractivity (Wildman–Crippen MR) is 68.4 cm³/mol. The van der Waals surface area contributed by atoms with Crippen LogP contribution in [0.3, 0.4) is 0 Å². The molecular formula is C11H27AlSi. The maximum atomic E-state index is 2.31. The van der Waals surface area contributed by atoms with Crippen molar-refractivity contribution in [2.75, 3.05) is 0 Å². The fourth-order valence-corrected chi connectivity index (χ4v) is 2.29. The minimum absolute atomic E-state index is 0.120. The molecule has 0 aliphatic heterocycles. The summed E-state index contributed by atoms with van der Waals surface area (Å²) in [5.74, 6) is 1.86. The second-order valence-corrected chi connectivity index (χ2v) is 9.57. The first kappa shape index (κ1) is 16.2. The van der Waals surface area contributed by atoms with Crippen LogP contribution in [0.5, 0.6) is 0 Å². The van der Waals surface area contributed by atoms with Gasteiger partial charge in [0.15, 0.2) is 0 Å². The van der Waals surface area contributed by atoms with Crippen molar-refractivity contribution in [1.29, 1.82) is 0 Å². The normalized spacial score (nSPS) is 10.3. The van der Waals surface area contributed by atoms with Crippen LogP contribution >= 0.6 is 0 Å². The Kier molecular flexibility index (Phi) is 13.5. The molecule has 0 nitrogen and oxygen atoms in total. The molecule has 0 heterocycles. The Balaban J connectivity index is 0. The maximum absolute atomic E-state index is 2.31. The molecule has 0 saturated heterocycles. The molecule has 0 atom stereocenters. The molecule has 13 heavy (non-hydrogen) atoms. The van der Waals surface area contributed by atoms with E-state index in [2.05, 4.69) is 47.3 Å². The van der Waals surface area contributed by atoms with Crippen LogP contribution in [0.1, 0.15) is 27.7 Å².